The summed E-state index contributed by atoms with van der Waals surface area (Å²) >= 11 is 0. The van der Waals surface area contributed by atoms with Crippen LogP contribution in [0.2, 0.25) is 0 Å². The first-order valence-corrected chi connectivity index (χ1v) is 7.49. The van der Waals surface area contributed by atoms with Crippen molar-refractivity contribution in [2.24, 2.45) is 17.3 Å². The molecule has 0 aromatic rings. The van der Waals surface area contributed by atoms with Crippen molar-refractivity contribution in [3.63, 3.8) is 0 Å². The van der Waals surface area contributed by atoms with Crippen LogP contribution in [0.15, 0.2) is 0 Å². The van der Waals surface area contributed by atoms with Crippen LogP contribution in [0.1, 0.15) is 85.5 Å². The first kappa shape index (κ1) is 14.1. The molecular formula is C16H32. The van der Waals surface area contributed by atoms with Gasteiger partial charge in [0.15, 0.2) is 0 Å². The van der Waals surface area contributed by atoms with Crippen molar-refractivity contribution in [2.75, 3.05) is 0 Å². The maximum Gasteiger partial charge on any atom is -0.0354 e. The van der Waals surface area contributed by atoms with Crippen LogP contribution in [0.5, 0.6) is 0 Å². The third-order valence-electron chi connectivity index (χ3n) is 4.51. The van der Waals surface area contributed by atoms with Gasteiger partial charge in [0.25, 0.3) is 0 Å². The van der Waals surface area contributed by atoms with E-state index in [1.165, 1.54) is 57.8 Å². The van der Waals surface area contributed by atoms with E-state index in [4.69, 9.17) is 0 Å². The second-order valence-corrected chi connectivity index (χ2v) is 7.09. The molecule has 2 aliphatic rings. The Labute approximate surface area is 103 Å². The highest BCUT2D eigenvalue weighted by molar-refractivity contribution is 4.72. The van der Waals surface area contributed by atoms with Gasteiger partial charge in [0.05, 0.1) is 0 Å². The standard InChI is InChI=1S/2C8H16/c1-7-3-5-8(2)6-4-7;1-8(2)6-4-3-5-7-8/h7-8H,3-6H2,1-2H3;3-7H2,1-2H3. The van der Waals surface area contributed by atoms with E-state index >= 15 is 0 Å². The average Bonchev–Trinajstić information content (AvgIpc) is 2.23. The lowest BCUT2D eigenvalue weighted by Gasteiger charge is -2.28. The van der Waals surface area contributed by atoms with Crippen LogP contribution in [-0.4, -0.2) is 0 Å². The molecule has 0 unspecified atom stereocenters. The highest BCUT2D eigenvalue weighted by Crippen LogP contribution is 2.34. The Morgan fingerprint density at radius 3 is 1.31 bits per heavy atom. The summed E-state index contributed by atoms with van der Waals surface area (Å²) in [5.74, 6) is 2.04. The van der Waals surface area contributed by atoms with Crippen LogP contribution in [0.3, 0.4) is 0 Å². The largest absolute Gasteiger partial charge is 0.0625 e. The summed E-state index contributed by atoms with van der Waals surface area (Å²) in [6.45, 7) is 9.50. The minimum atomic E-state index is 0.679. The van der Waals surface area contributed by atoms with Crippen LogP contribution in [0, 0.1) is 17.3 Å². The Morgan fingerprint density at radius 2 is 1.06 bits per heavy atom. The van der Waals surface area contributed by atoms with Crippen molar-refractivity contribution in [2.45, 2.75) is 85.5 Å². The molecule has 0 spiro atoms. The lowest BCUT2D eigenvalue weighted by Crippen LogP contribution is -2.14. The predicted molar refractivity (Wildman–Crippen MR) is 73.7 cm³/mol. The third kappa shape index (κ3) is 5.92. The molecule has 0 N–H and O–H groups in total. The molecule has 0 amide bonds. The summed E-state index contributed by atoms with van der Waals surface area (Å²) in [5.41, 5.74) is 0.679. The summed E-state index contributed by atoms with van der Waals surface area (Å²) < 4.78 is 0. The van der Waals surface area contributed by atoms with Gasteiger partial charge in [-0.15, -0.1) is 0 Å². The fourth-order valence-corrected chi connectivity index (χ4v) is 2.94. The molecule has 2 saturated carbocycles. The van der Waals surface area contributed by atoms with Crippen molar-refractivity contribution < 1.29 is 0 Å². The Bertz CT molecular complexity index is 154. The summed E-state index contributed by atoms with van der Waals surface area (Å²) in [6, 6.07) is 0. The zero-order chi connectivity index (χ0) is 12.0. The van der Waals surface area contributed by atoms with Gasteiger partial charge >= 0.3 is 0 Å². The maximum atomic E-state index is 2.38. The highest BCUT2D eigenvalue weighted by atomic mass is 14.3. The van der Waals surface area contributed by atoms with Crippen molar-refractivity contribution in [1.82, 2.24) is 0 Å². The lowest BCUT2D eigenvalue weighted by molar-refractivity contribution is 0.244. The van der Waals surface area contributed by atoms with Crippen LogP contribution >= 0.6 is 0 Å². The summed E-state index contributed by atoms with van der Waals surface area (Å²) in [5, 5.41) is 0. The molecule has 96 valence electrons. The molecule has 0 aromatic heterocycles. The highest BCUT2D eigenvalue weighted by Gasteiger charge is 2.19. The molecule has 2 fully saturated rings. The van der Waals surface area contributed by atoms with Gasteiger partial charge in [0.1, 0.15) is 0 Å². The SMILES string of the molecule is CC1(C)CCCCC1.CC1CCC(C)CC1. The van der Waals surface area contributed by atoms with Crippen molar-refractivity contribution in [3.05, 3.63) is 0 Å². The van der Waals surface area contributed by atoms with Crippen LogP contribution in [0.25, 0.3) is 0 Å². The van der Waals surface area contributed by atoms with Crippen LogP contribution in [-0.2, 0) is 0 Å². The van der Waals surface area contributed by atoms with Gasteiger partial charge in [-0.3, -0.25) is 0 Å². The zero-order valence-electron chi connectivity index (χ0n) is 12.0. The Hall–Kier alpha value is 0. The van der Waals surface area contributed by atoms with E-state index in [9.17, 15) is 0 Å². The second kappa shape index (κ2) is 6.67. The summed E-state index contributed by atoms with van der Waals surface area (Å²) in [4.78, 5) is 0. The zero-order valence-corrected chi connectivity index (χ0v) is 12.0. The van der Waals surface area contributed by atoms with Crippen molar-refractivity contribution >= 4 is 0 Å². The number of hydrogen-bond donors (Lipinski definition) is 0. The molecular weight excluding hydrogens is 192 g/mol. The minimum Gasteiger partial charge on any atom is -0.0625 e. The normalized spacial score (nSPS) is 33.8. The Kier molecular flexibility index (Phi) is 5.86. The monoisotopic (exact) mass is 224 g/mol. The average molecular weight is 224 g/mol. The molecule has 16 heavy (non-hydrogen) atoms. The molecule has 0 heterocycles. The molecule has 0 aliphatic heterocycles. The van der Waals surface area contributed by atoms with E-state index in [-0.39, 0.29) is 0 Å². The molecule has 0 aromatic carbocycles. The molecule has 2 aliphatic carbocycles. The van der Waals surface area contributed by atoms with Crippen molar-refractivity contribution in [1.29, 1.82) is 0 Å². The Balaban J connectivity index is 0.000000160. The third-order valence-corrected chi connectivity index (χ3v) is 4.51. The van der Waals surface area contributed by atoms with Crippen LogP contribution < -0.4 is 0 Å². The molecule has 0 nitrogen and oxygen atoms in total. The van der Waals surface area contributed by atoms with E-state index in [0.29, 0.717) is 5.41 Å². The molecule has 0 bridgehead atoms. The van der Waals surface area contributed by atoms with Crippen LogP contribution in [0.4, 0.5) is 0 Å². The maximum absolute atomic E-state index is 2.38. The number of hydrogen-bond acceptors (Lipinski definition) is 0. The van der Waals surface area contributed by atoms with E-state index in [0.717, 1.165) is 11.8 Å². The fourth-order valence-electron chi connectivity index (χ4n) is 2.94. The topological polar surface area (TPSA) is 0 Å². The molecule has 0 heteroatoms. The van der Waals surface area contributed by atoms with Gasteiger partial charge in [0.2, 0.25) is 0 Å². The summed E-state index contributed by atoms with van der Waals surface area (Å²) in [7, 11) is 0. The van der Waals surface area contributed by atoms with Gasteiger partial charge in [-0.25, -0.2) is 0 Å². The fraction of sp³-hybridized carbons (Fsp3) is 1.00. The minimum absolute atomic E-state index is 0.679. The van der Waals surface area contributed by atoms with Gasteiger partial charge in [0, 0.05) is 0 Å². The Morgan fingerprint density at radius 1 is 0.688 bits per heavy atom. The smallest absolute Gasteiger partial charge is 0.0354 e. The van der Waals surface area contributed by atoms with E-state index in [1.54, 1.807) is 0 Å². The molecule has 0 radical (unpaired) electrons. The summed E-state index contributed by atoms with van der Waals surface area (Å²) in [6.07, 6.45) is 13.2. The van der Waals surface area contributed by atoms with E-state index < -0.39 is 0 Å². The van der Waals surface area contributed by atoms with Crippen molar-refractivity contribution in [3.8, 4) is 0 Å². The van der Waals surface area contributed by atoms with Gasteiger partial charge in [-0.05, 0) is 30.1 Å². The first-order chi connectivity index (χ1) is 7.49. The van der Waals surface area contributed by atoms with E-state index in [1.807, 2.05) is 0 Å². The predicted octanol–water partition coefficient (Wildman–Crippen LogP) is 5.81. The number of rotatable bonds is 0. The second-order valence-electron chi connectivity index (χ2n) is 7.09. The quantitative estimate of drug-likeness (QED) is 0.487. The van der Waals surface area contributed by atoms with Gasteiger partial charge in [-0.2, -0.15) is 0 Å². The first-order valence-electron chi connectivity index (χ1n) is 7.49. The molecule has 2 rings (SSSR count). The molecule has 0 atom stereocenters. The lowest BCUT2D eigenvalue weighted by atomic mass is 9.78. The van der Waals surface area contributed by atoms with Gasteiger partial charge < -0.3 is 0 Å². The van der Waals surface area contributed by atoms with E-state index in [2.05, 4.69) is 27.7 Å². The van der Waals surface area contributed by atoms with Gasteiger partial charge in [-0.1, -0.05) is 72.6 Å². The molecule has 0 saturated heterocycles.